The topological polar surface area (TPSA) is 64.4 Å². The minimum atomic E-state index is -0.0669. The highest BCUT2D eigenvalue weighted by atomic mass is 16.5. The second kappa shape index (κ2) is 7.46. The van der Waals surface area contributed by atoms with Crippen LogP contribution in [0.3, 0.4) is 0 Å². The van der Waals surface area contributed by atoms with E-state index in [-0.39, 0.29) is 24.3 Å². The largest absolute Gasteiger partial charge is 0.484 e. The van der Waals surface area contributed by atoms with Crippen molar-refractivity contribution in [3.05, 3.63) is 59.9 Å². The highest BCUT2D eigenvalue weighted by Gasteiger charge is 2.33. The molecule has 0 saturated carbocycles. The molecule has 2 heterocycles. The normalized spacial score (nSPS) is 16.5. The molecule has 0 bridgehead atoms. The molecule has 0 spiro atoms. The van der Waals surface area contributed by atoms with Gasteiger partial charge in [0.15, 0.2) is 12.4 Å². The monoisotopic (exact) mass is 377 g/mol. The SMILES string of the molecule is CC(=O)c1cccc(OCC(=O)N2CCC[C@H]2c2nc3ccccc3n2C)c1. The number of amides is 1. The number of rotatable bonds is 5. The molecule has 144 valence electrons. The van der Waals surface area contributed by atoms with Crippen LogP contribution < -0.4 is 4.74 Å². The van der Waals surface area contributed by atoms with Crippen molar-refractivity contribution < 1.29 is 14.3 Å². The van der Waals surface area contributed by atoms with Gasteiger partial charge in [-0.25, -0.2) is 4.98 Å². The zero-order chi connectivity index (χ0) is 19.7. The average molecular weight is 377 g/mol. The number of hydrogen-bond acceptors (Lipinski definition) is 4. The molecule has 1 fully saturated rings. The number of ketones is 1. The maximum absolute atomic E-state index is 12.8. The number of aromatic nitrogens is 2. The van der Waals surface area contributed by atoms with Gasteiger partial charge in [-0.15, -0.1) is 0 Å². The van der Waals surface area contributed by atoms with E-state index in [1.165, 1.54) is 6.92 Å². The Hall–Kier alpha value is -3.15. The molecule has 1 atom stereocenters. The molecule has 6 heteroatoms. The van der Waals surface area contributed by atoms with Gasteiger partial charge in [-0.05, 0) is 44.0 Å². The van der Waals surface area contributed by atoms with Gasteiger partial charge in [0.25, 0.3) is 5.91 Å². The number of benzene rings is 2. The van der Waals surface area contributed by atoms with Gasteiger partial charge in [-0.3, -0.25) is 9.59 Å². The van der Waals surface area contributed by atoms with Crippen molar-refractivity contribution in [3.8, 4) is 5.75 Å². The Morgan fingerprint density at radius 1 is 1.18 bits per heavy atom. The molecular formula is C22H23N3O3. The lowest BCUT2D eigenvalue weighted by Crippen LogP contribution is -2.35. The number of Topliss-reactive ketones (excluding diaryl/α,β-unsaturated/α-hetero) is 1. The van der Waals surface area contributed by atoms with E-state index in [9.17, 15) is 9.59 Å². The van der Waals surface area contributed by atoms with Gasteiger partial charge >= 0.3 is 0 Å². The Kier molecular flexibility index (Phi) is 4.86. The van der Waals surface area contributed by atoms with E-state index in [0.29, 0.717) is 17.9 Å². The Bertz CT molecular complexity index is 1040. The number of fused-ring (bicyclic) bond motifs is 1. The lowest BCUT2D eigenvalue weighted by Gasteiger charge is -2.24. The zero-order valence-corrected chi connectivity index (χ0v) is 16.1. The van der Waals surface area contributed by atoms with Crippen LogP contribution in [0, 0.1) is 0 Å². The van der Waals surface area contributed by atoms with Gasteiger partial charge in [0, 0.05) is 19.2 Å². The molecule has 0 unspecified atom stereocenters. The summed E-state index contributed by atoms with van der Waals surface area (Å²) in [5.74, 6) is 1.34. The quantitative estimate of drug-likeness (QED) is 0.638. The van der Waals surface area contributed by atoms with Crippen molar-refractivity contribution in [3.63, 3.8) is 0 Å². The van der Waals surface area contributed by atoms with Crippen LogP contribution >= 0.6 is 0 Å². The predicted molar refractivity (Wildman–Crippen MR) is 106 cm³/mol. The number of ether oxygens (including phenoxy) is 1. The van der Waals surface area contributed by atoms with Crippen LogP contribution in [0.1, 0.15) is 42.0 Å². The van der Waals surface area contributed by atoms with Gasteiger partial charge in [-0.1, -0.05) is 24.3 Å². The summed E-state index contributed by atoms with van der Waals surface area (Å²) in [5, 5.41) is 0. The third-order valence-corrected chi connectivity index (χ3v) is 5.30. The third kappa shape index (κ3) is 3.38. The van der Waals surface area contributed by atoms with Crippen molar-refractivity contribution in [2.75, 3.05) is 13.2 Å². The maximum Gasteiger partial charge on any atom is 0.261 e. The molecule has 6 nitrogen and oxygen atoms in total. The van der Waals surface area contributed by atoms with E-state index < -0.39 is 0 Å². The van der Waals surface area contributed by atoms with Crippen LogP contribution in [-0.4, -0.2) is 39.3 Å². The van der Waals surface area contributed by atoms with E-state index in [0.717, 1.165) is 29.7 Å². The summed E-state index contributed by atoms with van der Waals surface area (Å²) in [6.07, 6.45) is 1.84. The Morgan fingerprint density at radius 3 is 2.79 bits per heavy atom. The van der Waals surface area contributed by atoms with Crippen molar-refractivity contribution >= 4 is 22.7 Å². The minimum absolute atomic E-state index is 0.0294. The molecule has 0 N–H and O–H groups in total. The number of likely N-dealkylation sites (tertiary alicyclic amines) is 1. The lowest BCUT2D eigenvalue weighted by molar-refractivity contribution is -0.134. The molecule has 0 radical (unpaired) electrons. The second-order valence-corrected chi connectivity index (χ2v) is 7.14. The number of aryl methyl sites for hydroxylation is 1. The smallest absolute Gasteiger partial charge is 0.261 e. The first-order valence-electron chi connectivity index (χ1n) is 9.49. The summed E-state index contributed by atoms with van der Waals surface area (Å²) in [5.41, 5.74) is 2.58. The predicted octanol–water partition coefficient (Wildman–Crippen LogP) is 3.52. The highest BCUT2D eigenvalue weighted by molar-refractivity contribution is 5.94. The van der Waals surface area contributed by atoms with Crippen molar-refractivity contribution in [2.24, 2.45) is 7.05 Å². The van der Waals surface area contributed by atoms with Crippen LogP contribution in [0.25, 0.3) is 11.0 Å². The van der Waals surface area contributed by atoms with Crippen LogP contribution in [-0.2, 0) is 11.8 Å². The van der Waals surface area contributed by atoms with Gasteiger partial charge in [0.2, 0.25) is 0 Å². The van der Waals surface area contributed by atoms with Crippen molar-refractivity contribution in [1.82, 2.24) is 14.5 Å². The molecule has 4 rings (SSSR count). The first-order valence-corrected chi connectivity index (χ1v) is 9.49. The number of carbonyl (C=O) groups excluding carboxylic acids is 2. The molecule has 1 aliphatic rings. The summed E-state index contributed by atoms with van der Waals surface area (Å²) in [7, 11) is 2.00. The van der Waals surface area contributed by atoms with Crippen LogP contribution in [0.4, 0.5) is 0 Å². The molecule has 1 aliphatic heterocycles. The van der Waals surface area contributed by atoms with E-state index in [1.807, 2.05) is 36.2 Å². The minimum Gasteiger partial charge on any atom is -0.484 e. The second-order valence-electron chi connectivity index (χ2n) is 7.14. The molecule has 0 aliphatic carbocycles. The molecule has 1 amide bonds. The fraction of sp³-hybridized carbons (Fsp3) is 0.318. The summed E-state index contributed by atoms with van der Waals surface area (Å²) in [6, 6.07) is 14.9. The lowest BCUT2D eigenvalue weighted by atomic mass is 10.1. The van der Waals surface area contributed by atoms with Gasteiger partial charge in [0.1, 0.15) is 11.6 Å². The first-order chi connectivity index (χ1) is 13.5. The van der Waals surface area contributed by atoms with E-state index in [2.05, 4.69) is 4.57 Å². The molecule has 2 aromatic carbocycles. The Balaban J connectivity index is 1.50. The Labute approximate surface area is 163 Å². The fourth-order valence-corrected chi connectivity index (χ4v) is 3.83. The Morgan fingerprint density at radius 2 is 2.00 bits per heavy atom. The summed E-state index contributed by atoms with van der Waals surface area (Å²) < 4.78 is 7.75. The van der Waals surface area contributed by atoms with Gasteiger partial charge < -0.3 is 14.2 Å². The summed E-state index contributed by atoms with van der Waals surface area (Å²) in [6.45, 7) is 2.15. The number of hydrogen-bond donors (Lipinski definition) is 0. The van der Waals surface area contributed by atoms with Gasteiger partial charge in [0.05, 0.1) is 17.1 Å². The summed E-state index contributed by atoms with van der Waals surface area (Å²) in [4.78, 5) is 31.0. The standard InChI is InChI=1S/C22H23N3O3/c1-15(26)16-7-5-8-17(13-16)28-14-21(27)25-12-6-11-20(25)22-23-18-9-3-4-10-19(18)24(22)2/h3-5,7-10,13,20H,6,11-12,14H2,1-2H3/t20-/m0/s1. The molecule has 3 aromatic rings. The van der Waals surface area contributed by atoms with Crippen molar-refractivity contribution in [1.29, 1.82) is 0 Å². The van der Waals surface area contributed by atoms with E-state index in [1.54, 1.807) is 24.3 Å². The van der Waals surface area contributed by atoms with Gasteiger partial charge in [-0.2, -0.15) is 0 Å². The third-order valence-electron chi connectivity index (χ3n) is 5.30. The highest BCUT2D eigenvalue weighted by Crippen LogP contribution is 2.33. The van der Waals surface area contributed by atoms with Crippen molar-refractivity contribution in [2.45, 2.75) is 25.8 Å². The number of imidazole rings is 1. The molecular weight excluding hydrogens is 354 g/mol. The number of nitrogens with zero attached hydrogens (tertiary/aromatic N) is 3. The van der Waals surface area contributed by atoms with Crippen LogP contribution in [0.5, 0.6) is 5.75 Å². The maximum atomic E-state index is 12.8. The summed E-state index contributed by atoms with van der Waals surface area (Å²) >= 11 is 0. The number of carbonyl (C=O) groups is 2. The van der Waals surface area contributed by atoms with Crippen LogP contribution in [0.2, 0.25) is 0 Å². The van der Waals surface area contributed by atoms with E-state index in [4.69, 9.17) is 9.72 Å². The first kappa shape index (κ1) is 18.2. The zero-order valence-electron chi connectivity index (χ0n) is 16.1. The molecule has 28 heavy (non-hydrogen) atoms. The fourth-order valence-electron chi connectivity index (χ4n) is 3.83. The average Bonchev–Trinajstić information content (AvgIpc) is 3.31. The van der Waals surface area contributed by atoms with Crippen LogP contribution in [0.15, 0.2) is 48.5 Å². The van der Waals surface area contributed by atoms with E-state index >= 15 is 0 Å². The number of para-hydroxylation sites is 2. The molecule has 1 aromatic heterocycles. The molecule has 1 saturated heterocycles.